The first-order chi connectivity index (χ1) is 11.2. The van der Waals surface area contributed by atoms with Crippen LogP contribution in [0.15, 0.2) is 18.3 Å². The summed E-state index contributed by atoms with van der Waals surface area (Å²) < 4.78 is 0. The molecule has 120 valence electrons. The van der Waals surface area contributed by atoms with Crippen molar-refractivity contribution in [3.05, 3.63) is 24.0 Å². The molecule has 2 aliphatic heterocycles. The first-order valence-corrected chi connectivity index (χ1v) is 8.33. The summed E-state index contributed by atoms with van der Waals surface area (Å²) in [5.74, 6) is 3.09. The maximum atomic E-state index is 4.67. The molecule has 3 fully saturated rings. The van der Waals surface area contributed by atoms with E-state index in [9.17, 15) is 0 Å². The van der Waals surface area contributed by atoms with Crippen LogP contribution in [0.1, 0.15) is 31.4 Å². The van der Waals surface area contributed by atoms with Crippen LogP contribution in [0.25, 0.3) is 0 Å². The van der Waals surface area contributed by atoms with E-state index in [1.165, 1.54) is 18.5 Å². The third kappa shape index (κ3) is 2.26. The Morgan fingerprint density at radius 3 is 2.96 bits per heavy atom. The van der Waals surface area contributed by atoms with E-state index < -0.39 is 0 Å². The Morgan fingerprint density at radius 1 is 1.35 bits per heavy atom. The summed E-state index contributed by atoms with van der Waals surface area (Å²) in [6.07, 6.45) is 4.35. The first-order valence-electron chi connectivity index (χ1n) is 8.33. The van der Waals surface area contributed by atoms with Crippen molar-refractivity contribution >= 4 is 17.6 Å². The monoisotopic (exact) mass is 311 g/mol. The average molecular weight is 311 g/mol. The van der Waals surface area contributed by atoms with E-state index in [1.807, 2.05) is 12.3 Å². The molecule has 2 aromatic rings. The predicted molar refractivity (Wildman–Crippen MR) is 88.0 cm³/mol. The zero-order chi connectivity index (χ0) is 15.4. The van der Waals surface area contributed by atoms with Crippen LogP contribution in [0.5, 0.6) is 0 Å². The molecule has 2 atom stereocenters. The van der Waals surface area contributed by atoms with Gasteiger partial charge in [-0.05, 0) is 18.9 Å². The molecule has 23 heavy (non-hydrogen) atoms. The van der Waals surface area contributed by atoms with Gasteiger partial charge in [-0.25, -0.2) is 4.98 Å². The molecule has 0 spiro atoms. The van der Waals surface area contributed by atoms with E-state index in [-0.39, 0.29) is 0 Å². The zero-order valence-corrected chi connectivity index (χ0v) is 13.2. The van der Waals surface area contributed by atoms with Crippen molar-refractivity contribution in [1.29, 1.82) is 0 Å². The lowest BCUT2D eigenvalue weighted by Crippen LogP contribution is -2.59. The molecule has 7 nitrogen and oxygen atoms in total. The number of hydrogen-bond acceptors (Lipinski definition) is 6. The Kier molecular flexibility index (Phi) is 2.70. The summed E-state index contributed by atoms with van der Waals surface area (Å²) in [7, 11) is 0. The van der Waals surface area contributed by atoms with Crippen LogP contribution in [-0.4, -0.2) is 45.8 Å². The van der Waals surface area contributed by atoms with E-state index in [1.54, 1.807) is 0 Å². The SMILES string of the molecule is C[C@]12CN[C@H]1CN(c1nccc(Nc3cc(C4CC4)[nH]n3)n1)C2. The molecular weight excluding hydrogens is 290 g/mol. The highest BCUT2D eigenvalue weighted by atomic mass is 15.3. The van der Waals surface area contributed by atoms with Gasteiger partial charge in [0.2, 0.25) is 5.95 Å². The highest BCUT2D eigenvalue weighted by Crippen LogP contribution is 2.40. The van der Waals surface area contributed by atoms with Crippen molar-refractivity contribution in [1.82, 2.24) is 25.5 Å². The number of nitrogens with zero attached hydrogens (tertiary/aromatic N) is 4. The number of aromatic nitrogens is 4. The second kappa shape index (κ2) is 4.67. The van der Waals surface area contributed by atoms with Crippen molar-refractivity contribution in [3.63, 3.8) is 0 Å². The van der Waals surface area contributed by atoms with Gasteiger partial charge in [-0.2, -0.15) is 10.1 Å². The van der Waals surface area contributed by atoms with Crippen LogP contribution in [0.4, 0.5) is 17.6 Å². The Labute approximate surface area is 134 Å². The second-order valence-electron chi connectivity index (χ2n) is 7.32. The molecule has 1 saturated carbocycles. The molecule has 2 saturated heterocycles. The minimum Gasteiger partial charge on any atom is -0.339 e. The van der Waals surface area contributed by atoms with Gasteiger partial charge >= 0.3 is 0 Å². The number of fused-ring (bicyclic) bond motifs is 1. The quantitative estimate of drug-likeness (QED) is 0.796. The summed E-state index contributed by atoms with van der Waals surface area (Å²) in [4.78, 5) is 11.4. The molecule has 0 amide bonds. The number of aromatic amines is 1. The van der Waals surface area contributed by atoms with Crippen molar-refractivity contribution in [2.24, 2.45) is 5.41 Å². The number of rotatable bonds is 4. The Hall–Kier alpha value is -2.15. The summed E-state index contributed by atoms with van der Waals surface area (Å²) in [5, 5.41) is 14.2. The number of H-pyrrole nitrogens is 1. The van der Waals surface area contributed by atoms with Crippen LogP contribution in [-0.2, 0) is 0 Å². The van der Waals surface area contributed by atoms with E-state index in [4.69, 9.17) is 0 Å². The zero-order valence-electron chi connectivity index (χ0n) is 13.2. The van der Waals surface area contributed by atoms with Crippen LogP contribution in [0.2, 0.25) is 0 Å². The van der Waals surface area contributed by atoms with Gasteiger partial charge < -0.3 is 15.5 Å². The lowest BCUT2D eigenvalue weighted by Gasteiger charge is -2.41. The first kappa shape index (κ1) is 13.3. The van der Waals surface area contributed by atoms with Crippen LogP contribution in [0, 0.1) is 5.41 Å². The maximum absolute atomic E-state index is 4.67. The summed E-state index contributed by atoms with van der Waals surface area (Å²) in [6.45, 7) is 5.42. The third-order valence-corrected chi connectivity index (χ3v) is 5.35. The largest absolute Gasteiger partial charge is 0.339 e. The lowest BCUT2D eigenvalue weighted by molar-refractivity contribution is 0.163. The molecule has 0 bridgehead atoms. The fourth-order valence-corrected chi connectivity index (χ4v) is 3.62. The van der Waals surface area contributed by atoms with Gasteiger partial charge in [-0.15, -0.1) is 0 Å². The highest BCUT2D eigenvalue weighted by molar-refractivity contribution is 5.54. The molecule has 0 aromatic carbocycles. The van der Waals surface area contributed by atoms with Crippen LogP contribution >= 0.6 is 0 Å². The highest BCUT2D eigenvalue weighted by Gasteiger charge is 2.50. The van der Waals surface area contributed by atoms with Gasteiger partial charge in [0, 0.05) is 55.0 Å². The van der Waals surface area contributed by atoms with E-state index in [0.717, 1.165) is 37.2 Å². The number of nitrogens with one attached hydrogen (secondary N) is 3. The van der Waals surface area contributed by atoms with E-state index >= 15 is 0 Å². The maximum Gasteiger partial charge on any atom is 0.227 e. The minimum atomic E-state index is 0.369. The van der Waals surface area contributed by atoms with Gasteiger partial charge in [0.25, 0.3) is 0 Å². The van der Waals surface area contributed by atoms with Gasteiger partial charge in [-0.3, -0.25) is 5.10 Å². The van der Waals surface area contributed by atoms with Crippen LogP contribution < -0.4 is 15.5 Å². The van der Waals surface area contributed by atoms with Crippen molar-refractivity contribution < 1.29 is 0 Å². The number of hydrogen-bond donors (Lipinski definition) is 3. The smallest absolute Gasteiger partial charge is 0.227 e. The summed E-state index contributed by atoms with van der Waals surface area (Å²) in [5.41, 5.74) is 1.59. The third-order valence-electron chi connectivity index (χ3n) is 5.35. The van der Waals surface area contributed by atoms with Gasteiger partial charge in [-0.1, -0.05) is 6.92 Å². The number of anilines is 3. The molecule has 2 aromatic heterocycles. The normalized spacial score (nSPS) is 29.3. The molecule has 0 unspecified atom stereocenters. The molecular formula is C16H21N7. The van der Waals surface area contributed by atoms with Crippen molar-refractivity contribution in [3.8, 4) is 0 Å². The Balaban J connectivity index is 1.33. The molecule has 0 radical (unpaired) electrons. The molecule has 5 rings (SSSR count). The molecule has 7 heteroatoms. The topological polar surface area (TPSA) is 81.8 Å². The fourth-order valence-electron chi connectivity index (χ4n) is 3.62. The molecule has 4 heterocycles. The fraction of sp³-hybridized carbons (Fsp3) is 0.562. The molecule has 1 aliphatic carbocycles. The second-order valence-corrected chi connectivity index (χ2v) is 7.32. The predicted octanol–water partition coefficient (Wildman–Crippen LogP) is 1.62. The van der Waals surface area contributed by atoms with E-state index in [2.05, 4.69) is 48.7 Å². The molecule has 3 aliphatic rings. The molecule has 3 N–H and O–H groups in total. The average Bonchev–Trinajstić information content (AvgIpc) is 3.25. The van der Waals surface area contributed by atoms with Crippen molar-refractivity contribution in [2.75, 3.05) is 29.9 Å². The van der Waals surface area contributed by atoms with Gasteiger partial charge in [0.05, 0.1) is 0 Å². The van der Waals surface area contributed by atoms with E-state index in [0.29, 0.717) is 17.4 Å². The standard InChI is InChI=1S/C16H21N7/c1-16-8-18-12(16)7-23(9-16)15-17-5-4-13(20-15)19-14-6-11(21-22-14)10-2-3-10/h4-6,10,12,18H,2-3,7-9H2,1H3,(H2,17,19,20,21,22)/t12-,16+/m0/s1. The summed E-state index contributed by atoms with van der Waals surface area (Å²) in [6, 6.07) is 4.54. The van der Waals surface area contributed by atoms with Gasteiger partial charge in [0.15, 0.2) is 5.82 Å². The van der Waals surface area contributed by atoms with Crippen molar-refractivity contribution in [2.45, 2.75) is 31.7 Å². The van der Waals surface area contributed by atoms with Crippen LogP contribution in [0.3, 0.4) is 0 Å². The Morgan fingerprint density at radius 2 is 2.26 bits per heavy atom. The Bertz CT molecular complexity index is 738. The summed E-state index contributed by atoms with van der Waals surface area (Å²) >= 11 is 0. The lowest BCUT2D eigenvalue weighted by atomic mass is 9.78. The van der Waals surface area contributed by atoms with Gasteiger partial charge in [0.1, 0.15) is 5.82 Å². The minimum absolute atomic E-state index is 0.369.